The Morgan fingerprint density at radius 1 is 1.18 bits per heavy atom. The van der Waals surface area contributed by atoms with Gasteiger partial charge in [-0.05, 0) is 32.0 Å². The van der Waals surface area contributed by atoms with Crippen LogP contribution in [0, 0.1) is 5.92 Å². The second kappa shape index (κ2) is 11.0. The van der Waals surface area contributed by atoms with Gasteiger partial charge in [-0.1, -0.05) is 34.1 Å². The number of hydrogen-bond acceptors (Lipinski definition) is 3. The number of methoxy groups -OCH3 is 1. The lowest BCUT2D eigenvalue weighted by atomic mass is 10.2. The summed E-state index contributed by atoms with van der Waals surface area (Å²) in [6, 6.07) is 0.510. The van der Waals surface area contributed by atoms with Gasteiger partial charge in [0.05, 0.1) is 6.61 Å². The fraction of sp³-hybridized carbons (Fsp3) is 1.00. The van der Waals surface area contributed by atoms with Gasteiger partial charge in [-0.2, -0.15) is 0 Å². The molecule has 0 radical (unpaired) electrons. The first-order valence-corrected chi connectivity index (χ1v) is 7.09. The second-order valence-electron chi connectivity index (χ2n) is 5.14. The molecule has 0 aliphatic carbocycles. The minimum atomic E-state index is 0.510. The lowest BCUT2D eigenvalue weighted by Gasteiger charge is -2.30. The average molecular weight is 244 g/mol. The zero-order valence-electron chi connectivity index (χ0n) is 12.5. The summed E-state index contributed by atoms with van der Waals surface area (Å²) in [6.07, 6.45) is 2.54. The van der Waals surface area contributed by atoms with E-state index in [9.17, 15) is 0 Å². The van der Waals surface area contributed by atoms with E-state index in [0.29, 0.717) is 12.0 Å². The summed E-state index contributed by atoms with van der Waals surface area (Å²) in [6.45, 7) is 14.2. The van der Waals surface area contributed by atoms with E-state index in [1.54, 1.807) is 7.11 Å². The molecule has 0 spiro atoms. The molecule has 3 nitrogen and oxygen atoms in total. The van der Waals surface area contributed by atoms with Gasteiger partial charge in [-0.15, -0.1) is 0 Å². The third-order valence-electron chi connectivity index (χ3n) is 3.01. The van der Waals surface area contributed by atoms with Crippen molar-refractivity contribution in [2.24, 2.45) is 5.92 Å². The van der Waals surface area contributed by atoms with Crippen molar-refractivity contribution in [1.29, 1.82) is 0 Å². The number of unbranched alkanes of at least 4 members (excludes halogenated alkanes) is 1. The first-order chi connectivity index (χ1) is 8.15. The molecule has 0 saturated carbocycles. The van der Waals surface area contributed by atoms with Crippen LogP contribution >= 0.6 is 0 Å². The molecule has 0 bridgehead atoms. The molecule has 3 heteroatoms. The third-order valence-corrected chi connectivity index (χ3v) is 3.01. The fourth-order valence-corrected chi connectivity index (χ4v) is 1.98. The number of nitrogens with one attached hydrogen (secondary N) is 1. The average Bonchev–Trinajstić information content (AvgIpc) is 2.29. The van der Waals surface area contributed by atoms with E-state index < -0.39 is 0 Å². The van der Waals surface area contributed by atoms with Crippen molar-refractivity contribution >= 4 is 0 Å². The van der Waals surface area contributed by atoms with Crippen LogP contribution in [0.1, 0.15) is 40.5 Å². The molecule has 0 aliphatic heterocycles. The highest BCUT2D eigenvalue weighted by atomic mass is 16.5. The maximum atomic E-state index is 5.34. The van der Waals surface area contributed by atoms with Crippen LogP contribution in [0.5, 0.6) is 0 Å². The fourth-order valence-electron chi connectivity index (χ4n) is 1.98. The first-order valence-electron chi connectivity index (χ1n) is 7.09. The molecule has 1 atom stereocenters. The molecule has 1 unspecified atom stereocenters. The smallest absolute Gasteiger partial charge is 0.0630 e. The summed E-state index contributed by atoms with van der Waals surface area (Å²) in [4.78, 5) is 2.53. The van der Waals surface area contributed by atoms with Gasteiger partial charge in [-0.25, -0.2) is 0 Å². The summed E-state index contributed by atoms with van der Waals surface area (Å²) in [5, 5.41) is 3.54. The van der Waals surface area contributed by atoms with E-state index in [-0.39, 0.29) is 0 Å². The van der Waals surface area contributed by atoms with Crippen molar-refractivity contribution in [2.45, 2.75) is 46.6 Å². The lowest BCUT2D eigenvalue weighted by Crippen LogP contribution is -2.46. The monoisotopic (exact) mass is 244 g/mol. The largest absolute Gasteiger partial charge is 0.383 e. The molecule has 17 heavy (non-hydrogen) atoms. The standard InChI is InChI=1S/C14H32N2O/c1-6-8-9-16(7-2)14(12-17-5)11-15-10-13(3)4/h13-15H,6-12H2,1-5H3. The van der Waals surface area contributed by atoms with Crippen molar-refractivity contribution in [3.63, 3.8) is 0 Å². The predicted octanol–water partition coefficient (Wildman–Crippen LogP) is 2.37. The van der Waals surface area contributed by atoms with E-state index in [1.165, 1.54) is 19.4 Å². The van der Waals surface area contributed by atoms with Crippen molar-refractivity contribution in [1.82, 2.24) is 10.2 Å². The zero-order valence-corrected chi connectivity index (χ0v) is 12.5. The molecule has 0 aromatic carbocycles. The first kappa shape index (κ1) is 16.9. The molecule has 0 fully saturated rings. The van der Waals surface area contributed by atoms with E-state index in [1.807, 2.05) is 0 Å². The number of hydrogen-bond donors (Lipinski definition) is 1. The molecule has 0 aromatic rings. The number of nitrogens with zero attached hydrogens (tertiary/aromatic N) is 1. The third kappa shape index (κ3) is 8.58. The van der Waals surface area contributed by atoms with Gasteiger partial charge in [-0.3, -0.25) is 4.90 Å². The van der Waals surface area contributed by atoms with Crippen LogP contribution in [0.2, 0.25) is 0 Å². The van der Waals surface area contributed by atoms with Crippen molar-refractivity contribution in [3.05, 3.63) is 0 Å². The van der Waals surface area contributed by atoms with E-state index >= 15 is 0 Å². The van der Waals surface area contributed by atoms with E-state index in [2.05, 4.69) is 37.9 Å². The van der Waals surface area contributed by atoms with Crippen molar-refractivity contribution in [2.75, 3.05) is 39.9 Å². The van der Waals surface area contributed by atoms with Crippen LogP contribution in [-0.2, 0) is 4.74 Å². The quantitative estimate of drug-likeness (QED) is 0.604. The highest BCUT2D eigenvalue weighted by Crippen LogP contribution is 2.03. The minimum Gasteiger partial charge on any atom is -0.383 e. The van der Waals surface area contributed by atoms with Gasteiger partial charge < -0.3 is 10.1 Å². The Bertz CT molecular complexity index is 162. The zero-order chi connectivity index (χ0) is 13.1. The predicted molar refractivity (Wildman–Crippen MR) is 75.5 cm³/mol. The molecule has 104 valence electrons. The summed E-state index contributed by atoms with van der Waals surface area (Å²) in [5.41, 5.74) is 0. The van der Waals surface area contributed by atoms with Gasteiger partial charge >= 0.3 is 0 Å². The van der Waals surface area contributed by atoms with E-state index in [0.717, 1.165) is 26.2 Å². The molecule has 0 rings (SSSR count). The maximum Gasteiger partial charge on any atom is 0.0630 e. The van der Waals surface area contributed by atoms with Crippen LogP contribution in [-0.4, -0.2) is 50.8 Å². The molecule has 0 aliphatic rings. The SMILES string of the molecule is CCCCN(CC)C(CNCC(C)C)COC. The van der Waals surface area contributed by atoms with Crippen LogP contribution in [0.3, 0.4) is 0 Å². The number of rotatable bonds is 11. The van der Waals surface area contributed by atoms with Crippen LogP contribution in [0.4, 0.5) is 0 Å². The Morgan fingerprint density at radius 2 is 1.88 bits per heavy atom. The second-order valence-corrected chi connectivity index (χ2v) is 5.14. The molecule has 0 heterocycles. The highest BCUT2D eigenvalue weighted by Gasteiger charge is 2.16. The van der Waals surface area contributed by atoms with E-state index in [4.69, 9.17) is 4.74 Å². The maximum absolute atomic E-state index is 5.34. The molecular weight excluding hydrogens is 212 g/mol. The van der Waals surface area contributed by atoms with Crippen LogP contribution < -0.4 is 5.32 Å². The molecule has 1 N–H and O–H groups in total. The van der Waals surface area contributed by atoms with Gasteiger partial charge in [0.2, 0.25) is 0 Å². The summed E-state index contributed by atoms with van der Waals surface area (Å²) < 4.78 is 5.34. The Hall–Kier alpha value is -0.120. The Kier molecular flexibility index (Phi) is 10.9. The Balaban J connectivity index is 4.06. The van der Waals surface area contributed by atoms with Gasteiger partial charge in [0.15, 0.2) is 0 Å². The van der Waals surface area contributed by atoms with Crippen LogP contribution in [0.25, 0.3) is 0 Å². The minimum absolute atomic E-state index is 0.510. The van der Waals surface area contributed by atoms with Crippen molar-refractivity contribution in [3.8, 4) is 0 Å². The summed E-state index contributed by atoms with van der Waals surface area (Å²) >= 11 is 0. The van der Waals surface area contributed by atoms with Gasteiger partial charge in [0, 0.05) is 19.7 Å². The molecule has 0 amide bonds. The van der Waals surface area contributed by atoms with Crippen molar-refractivity contribution < 1.29 is 4.74 Å². The highest BCUT2D eigenvalue weighted by molar-refractivity contribution is 4.73. The Labute approximate surface area is 108 Å². The normalized spacial score (nSPS) is 13.6. The van der Waals surface area contributed by atoms with Gasteiger partial charge in [0.1, 0.15) is 0 Å². The van der Waals surface area contributed by atoms with Crippen LogP contribution in [0.15, 0.2) is 0 Å². The Morgan fingerprint density at radius 3 is 2.35 bits per heavy atom. The number of likely N-dealkylation sites (N-methyl/N-ethyl adjacent to an activating group) is 1. The van der Waals surface area contributed by atoms with Gasteiger partial charge in [0.25, 0.3) is 0 Å². The lowest BCUT2D eigenvalue weighted by molar-refractivity contribution is 0.0910. The molecule has 0 saturated heterocycles. The summed E-state index contributed by atoms with van der Waals surface area (Å²) in [5.74, 6) is 0.712. The molecule has 0 aromatic heterocycles. The number of ether oxygens (including phenoxy) is 1. The molecular formula is C14H32N2O. The topological polar surface area (TPSA) is 24.5 Å². The summed E-state index contributed by atoms with van der Waals surface area (Å²) in [7, 11) is 1.79.